The van der Waals surface area contributed by atoms with Crippen molar-refractivity contribution in [1.29, 1.82) is 0 Å². The van der Waals surface area contributed by atoms with Crippen molar-refractivity contribution in [2.75, 3.05) is 5.32 Å². The van der Waals surface area contributed by atoms with Gasteiger partial charge in [-0.25, -0.2) is 8.78 Å². The minimum absolute atomic E-state index is 0.0387. The summed E-state index contributed by atoms with van der Waals surface area (Å²) in [6.45, 7) is 0. The van der Waals surface area contributed by atoms with Gasteiger partial charge in [-0.2, -0.15) is 0 Å². The van der Waals surface area contributed by atoms with Crippen LogP contribution >= 0.6 is 0 Å². The molecule has 1 aromatic carbocycles. The Bertz CT molecular complexity index is 558. The van der Waals surface area contributed by atoms with E-state index >= 15 is 0 Å². The summed E-state index contributed by atoms with van der Waals surface area (Å²) < 4.78 is 25.9. The summed E-state index contributed by atoms with van der Waals surface area (Å²) in [5, 5.41) is 2.78. The topological polar surface area (TPSA) is 49.4 Å². The van der Waals surface area contributed by atoms with E-state index in [-0.39, 0.29) is 24.3 Å². The fourth-order valence-corrected chi connectivity index (χ4v) is 2.27. The van der Waals surface area contributed by atoms with Crippen LogP contribution in [-0.2, 0) is 9.59 Å². The van der Waals surface area contributed by atoms with Crippen LogP contribution in [0.15, 0.2) is 18.2 Å². The molecule has 0 bridgehead atoms. The number of nitrogens with one attached hydrogen (secondary N) is 1. The second-order valence-corrected chi connectivity index (χ2v) is 4.86. The van der Waals surface area contributed by atoms with Gasteiger partial charge in [0.05, 0.1) is 6.42 Å². The van der Waals surface area contributed by atoms with Gasteiger partial charge in [0.15, 0.2) is 11.6 Å². The molecule has 1 aliphatic heterocycles. The van der Waals surface area contributed by atoms with Crippen molar-refractivity contribution in [2.24, 2.45) is 0 Å². The van der Waals surface area contributed by atoms with Gasteiger partial charge in [0.2, 0.25) is 5.91 Å². The summed E-state index contributed by atoms with van der Waals surface area (Å²) in [4.78, 5) is 25.0. The molecular formula is C13H12F2N2O2. The highest BCUT2D eigenvalue weighted by Crippen LogP contribution is 2.32. The maximum Gasteiger partial charge on any atom is 0.252 e. The van der Waals surface area contributed by atoms with Gasteiger partial charge in [-0.1, -0.05) is 0 Å². The zero-order valence-corrected chi connectivity index (χ0v) is 10.0. The Balaban J connectivity index is 1.74. The van der Waals surface area contributed by atoms with Crippen molar-refractivity contribution in [3.8, 4) is 0 Å². The van der Waals surface area contributed by atoms with Crippen LogP contribution in [0.4, 0.5) is 14.5 Å². The molecule has 4 nitrogen and oxygen atoms in total. The number of benzene rings is 1. The third-order valence-corrected chi connectivity index (χ3v) is 3.36. The number of halogens is 2. The number of rotatable bonds is 3. The molecule has 6 heteroatoms. The van der Waals surface area contributed by atoms with Gasteiger partial charge < -0.3 is 5.32 Å². The minimum atomic E-state index is -0.985. The van der Waals surface area contributed by atoms with Crippen LogP contribution in [0.5, 0.6) is 0 Å². The van der Waals surface area contributed by atoms with Crippen molar-refractivity contribution in [2.45, 2.75) is 31.3 Å². The molecule has 100 valence electrons. The lowest BCUT2D eigenvalue weighted by atomic mass is 10.2. The summed E-state index contributed by atoms with van der Waals surface area (Å²) in [5.41, 5.74) is 0.294. The molecule has 3 rings (SSSR count). The molecule has 1 unspecified atom stereocenters. The lowest BCUT2D eigenvalue weighted by Gasteiger charge is -2.15. The van der Waals surface area contributed by atoms with E-state index < -0.39 is 17.7 Å². The number of nitrogens with zero attached hydrogens (tertiary/aromatic N) is 1. The van der Waals surface area contributed by atoms with E-state index in [0.717, 1.165) is 25.0 Å². The summed E-state index contributed by atoms with van der Waals surface area (Å²) >= 11 is 0. The van der Waals surface area contributed by atoms with E-state index in [9.17, 15) is 18.4 Å². The summed E-state index contributed by atoms with van der Waals surface area (Å²) in [5.74, 6) is -2.41. The van der Waals surface area contributed by atoms with Gasteiger partial charge >= 0.3 is 0 Å². The Morgan fingerprint density at radius 2 is 1.89 bits per heavy atom. The molecule has 1 saturated heterocycles. The van der Waals surface area contributed by atoms with Crippen LogP contribution in [0.3, 0.4) is 0 Å². The molecular weight excluding hydrogens is 254 g/mol. The lowest BCUT2D eigenvalue weighted by molar-refractivity contribution is -0.139. The standard InChI is InChI=1S/C13H12F2N2O2/c14-9-4-1-7(5-10(9)15)16-11-6-12(18)17(13(11)19)8-2-3-8/h1,4-5,8,11,16H,2-3,6H2. The van der Waals surface area contributed by atoms with E-state index in [1.807, 2.05) is 0 Å². The maximum absolute atomic E-state index is 13.1. The van der Waals surface area contributed by atoms with Crippen LogP contribution in [0.25, 0.3) is 0 Å². The first kappa shape index (κ1) is 12.1. The highest BCUT2D eigenvalue weighted by molar-refractivity contribution is 6.07. The summed E-state index contributed by atoms with van der Waals surface area (Å²) in [7, 11) is 0. The molecule has 2 aliphatic rings. The molecule has 2 fully saturated rings. The van der Waals surface area contributed by atoms with E-state index in [2.05, 4.69) is 5.32 Å². The molecule has 2 amide bonds. The van der Waals surface area contributed by atoms with Crippen LogP contribution in [0.1, 0.15) is 19.3 Å². The van der Waals surface area contributed by atoms with Gasteiger partial charge in [0.25, 0.3) is 5.91 Å². The van der Waals surface area contributed by atoms with Gasteiger partial charge in [0.1, 0.15) is 6.04 Å². The van der Waals surface area contributed by atoms with E-state index in [4.69, 9.17) is 0 Å². The number of carbonyl (C=O) groups is 2. The number of imide groups is 1. The predicted octanol–water partition coefficient (Wildman–Crippen LogP) is 1.67. The first-order valence-electron chi connectivity index (χ1n) is 6.14. The molecule has 1 aliphatic carbocycles. The first-order chi connectivity index (χ1) is 9.06. The van der Waals surface area contributed by atoms with E-state index in [0.29, 0.717) is 5.69 Å². The second kappa shape index (κ2) is 4.29. The third-order valence-electron chi connectivity index (χ3n) is 3.36. The van der Waals surface area contributed by atoms with Crippen LogP contribution < -0.4 is 5.32 Å². The summed E-state index contributed by atoms with van der Waals surface area (Å²) in [6.07, 6.45) is 1.78. The normalized spacial score (nSPS) is 23.1. The molecule has 0 radical (unpaired) electrons. The Kier molecular flexibility index (Phi) is 2.73. The van der Waals surface area contributed by atoms with Crippen molar-refractivity contribution in [3.05, 3.63) is 29.8 Å². The van der Waals surface area contributed by atoms with Gasteiger partial charge in [-0.15, -0.1) is 0 Å². The third kappa shape index (κ3) is 2.18. The van der Waals surface area contributed by atoms with Gasteiger partial charge in [0, 0.05) is 17.8 Å². The van der Waals surface area contributed by atoms with Crippen molar-refractivity contribution in [1.82, 2.24) is 4.90 Å². The smallest absolute Gasteiger partial charge is 0.252 e. The molecule has 19 heavy (non-hydrogen) atoms. The van der Waals surface area contributed by atoms with Crippen LogP contribution in [-0.4, -0.2) is 28.8 Å². The van der Waals surface area contributed by atoms with Crippen LogP contribution in [0.2, 0.25) is 0 Å². The van der Waals surface area contributed by atoms with Crippen molar-refractivity contribution < 1.29 is 18.4 Å². The monoisotopic (exact) mass is 266 g/mol. The first-order valence-corrected chi connectivity index (χ1v) is 6.14. The molecule has 1 atom stereocenters. The number of likely N-dealkylation sites (tertiary alicyclic amines) is 1. The van der Waals surface area contributed by atoms with Gasteiger partial charge in [-0.05, 0) is 25.0 Å². The Hall–Kier alpha value is -1.98. The maximum atomic E-state index is 13.1. The predicted molar refractivity (Wildman–Crippen MR) is 63.3 cm³/mol. The number of anilines is 1. The zero-order chi connectivity index (χ0) is 13.6. The molecule has 0 spiro atoms. The fourth-order valence-electron chi connectivity index (χ4n) is 2.27. The number of hydrogen-bond acceptors (Lipinski definition) is 3. The second-order valence-electron chi connectivity index (χ2n) is 4.86. The number of amides is 2. The van der Waals surface area contributed by atoms with E-state index in [1.54, 1.807) is 0 Å². The van der Waals surface area contributed by atoms with Crippen LogP contribution in [0, 0.1) is 11.6 Å². The molecule has 1 N–H and O–H groups in total. The van der Waals surface area contributed by atoms with E-state index in [1.165, 1.54) is 11.0 Å². The molecule has 1 heterocycles. The Morgan fingerprint density at radius 3 is 2.53 bits per heavy atom. The van der Waals surface area contributed by atoms with Crippen molar-refractivity contribution >= 4 is 17.5 Å². The molecule has 0 aromatic heterocycles. The minimum Gasteiger partial charge on any atom is -0.373 e. The Labute approximate surface area is 108 Å². The SMILES string of the molecule is O=C1CC(Nc2ccc(F)c(F)c2)C(=O)N1C1CC1. The number of carbonyl (C=O) groups excluding carboxylic acids is 2. The highest BCUT2D eigenvalue weighted by Gasteiger charge is 2.46. The molecule has 1 saturated carbocycles. The summed E-state index contributed by atoms with van der Waals surface area (Å²) in [6, 6.07) is 2.66. The Morgan fingerprint density at radius 1 is 1.16 bits per heavy atom. The van der Waals surface area contributed by atoms with Gasteiger partial charge in [-0.3, -0.25) is 14.5 Å². The average Bonchev–Trinajstić information content (AvgIpc) is 3.13. The quantitative estimate of drug-likeness (QED) is 0.847. The number of hydrogen-bond donors (Lipinski definition) is 1. The lowest BCUT2D eigenvalue weighted by Crippen LogP contribution is -2.36. The highest BCUT2D eigenvalue weighted by atomic mass is 19.2. The zero-order valence-electron chi connectivity index (χ0n) is 10.0. The molecule has 1 aromatic rings. The van der Waals surface area contributed by atoms with Crippen molar-refractivity contribution in [3.63, 3.8) is 0 Å². The largest absolute Gasteiger partial charge is 0.373 e. The fraction of sp³-hybridized carbons (Fsp3) is 0.385. The average molecular weight is 266 g/mol.